The van der Waals surface area contributed by atoms with Gasteiger partial charge in [0.15, 0.2) is 5.96 Å². The van der Waals surface area contributed by atoms with Crippen LogP contribution in [0.25, 0.3) is 0 Å². The lowest BCUT2D eigenvalue weighted by atomic mass is 10.00. The lowest BCUT2D eigenvalue weighted by Crippen LogP contribution is -2.38. The highest BCUT2D eigenvalue weighted by Gasteiger charge is 2.17. The molecule has 6 heteroatoms. The molecule has 1 aromatic carbocycles. The highest BCUT2D eigenvalue weighted by atomic mass is 16.5. The van der Waals surface area contributed by atoms with Crippen LogP contribution in [-0.2, 0) is 6.54 Å². The summed E-state index contributed by atoms with van der Waals surface area (Å²) >= 11 is 0. The Bertz CT molecular complexity index is 778. The van der Waals surface area contributed by atoms with Crippen molar-refractivity contribution in [1.82, 2.24) is 15.8 Å². The molecule has 0 aliphatic carbocycles. The van der Waals surface area contributed by atoms with Gasteiger partial charge in [-0.15, -0.1) is 0 Å². The van der Waals surface area contributed by atoms with E-state index in [2.05, 4.69) is 66.7 Å². The third-order valence-corrected chi connectivity index (χ3v) is 4.95. The van der Waals surface area contributed by atoms with Gasteiger partial charge in [-0.1, -0.05) is 31.1 Å². The zero-order chi connectivity index (χ0) is 20.7. The van der Waals surface area contributed by atoms with Gasteiger partial charge in [-0.2, -0.15) is 0 Å². The Balaban J connectivity index is 1.97. The molecular formula is C22H34N4O2. The summed E-state index contributed by atoms with van der Waals surface area (Å²) in [5.74, 6) is 2.84. The minimum Gasteiger partial charge on any atom is -0.490 e. The van der Waals surface area contributed by atoms with Crippen molar-refractivity contribution in [3.05, 3.63) is 46.3 Å². The van der Waals surface area contributed by atoms with Gasteiger partial charge in [-0.3, -0.25) is 4.99 Å². The van der Waals surface area contributed by atoms with Gasteiger partial charge in [0.25, 0.3) is 0 Å². The molecule has 0 fully saturated rings. The molecule has 1 aromatic heterocycles. The molecule has 28 heavy (non-hydrogen) atoms. The molecule has 1 heterocycles. The topological polar surface area (TPSA) is 71.7 Å². The van der Waals surface area contributed by atoms with Crippen LogP contribution < -0.4 is 15.4 Å². The summed E-state index contributed by atoms with van der Waals surface area (Å²) in [6.45, 7) is 13.8. The third kappa shape index (κ3) is 5.75. The van der Waals surface area contributed by atoms with Crippen LogP contribution in [0, 0.1) is 20.8 Å². The van der Waals surface area contributed by atoms with Crippen LogP contribution in [0.15, 0.2) is 27.7 Å². The predicted molar refractivity (Wildman–Crippen MR) is 114 cm³/mol. The second-order valence-electron chi connectivity index (χ2n) is 7.39. The minimum atomic E-state index is 0.189. The number of benzene rings is 1. The molecule has 0 amide bonds. The van der Waals surface area contributed by atoms with Crippen molar-refractivity contribution in [2.24, 2.45) is 4.99 Å². The normalized spacial score (nSPS) is 13.9. The Morgan fingerprint density at radius 3 is 2.57 bits per heavy atom. The van der Waals surface area contributed by atoms with Crippen molar-refractivity contribution in [3.8, 4) is 5.75 Å². The van der Waals surface area contributed by atoms with E-state index in [4.69, 9.17) is 9.26 Å². The van der Waals surface area contributed by atoms with E-state index in [-0.39, 0.29) is 12.0 Å². The lowest BCUT2D eigenvalue weighted by Gasteiger charge is -2.19. The Kier molecular flexibility index (Phi) is 7.91. The van der Waals surface area contributed by atoms with Crippen molar-refractivity contribution in [2.45, 2.75) is 66.5 Å². The van der Waals surface area contributed by atoms with Crippen molar-refractivity contribution in [2.75, 3.05) is 13.6 Å². The summed E-state index contributed by atoms with van der Waals surface area (Å²) in [4.78, 5) is 4.34. The Morgan fingerprint density at radius 1 is 1.21 bits per heavy atom. The summed E-state index contributed by atoms with van der Waals surface area (Å²) in [5, 5.41) is 10.8. The van der Waals surface area contributed by atoms with E-state index in [1.807, 2.05) is 13.8 Å². The first-order valence-electron chi connectivity index (χ1n) is 9.99. The van der Waals surface area contributed by atoms with Crippen LogP contribution in [0.3, 0.4) is 0 Å². The van der Waals surface area contributed by atoms with E-state index < -0.39 is 0 Å². The second-order valence-corrected chi connectivity index (χ2v) is 7.39. The zero-order valence-electron chi connectivity index (χ0n) is 18.2. The van der Waals surface area contributed by atoms with Crippen LogP contribution in [-0.4, -0.2) is 30.8 Å². The van der Waals surface area contributed by atoms with E-state index in [9.17, 15) is 0 Å². The predicted octanol–water partition coefficient (Wildman–Crippen LogP) is 4.25. The highest BCUT2D eigenvalue weighted by Crippen LogP contribution is 2.23. The minimum absolute atomic E-state index is 0.189. The van der Waals surface area contributed by atoms with Crippen LogP contribution in [0.5, 0.6) is 5.75 Å². The Hall–Kier alpha value is -2.50. The summed E-state index contributed by atoms with van der Waals surface area (Å²) in [5.41, 5.74) is 4.41. The highest BCUT2D eigenvalue weighted by molar-refractivity contribution is 5.79. The molecule has 0 aliphatic heterocycles. The number of hydrogen-bond donors (Lipinski definition) is 2. The number of aromatic nitrogens is 1. The molecule has 0 bridgehead atoms. The molecule has 2 rings (SSSR count). The van der Waals surface area contributed by atoms with Gasteiger partial charge in [0, 0.05) is 37.2 Å². The molecule has 0 saturated heterocycles. The average Bonchev–Trinajstić information content (AvgIpc) is 3.01. The number of rotatable bonds is 8. The first-order chi connectivity index (χ1) is 13.3. The van der Waals surface area contributed by atoms with Crippen LogP contribution in [0.4, 0.5) is 0 Å². The number of hydrogen-bond acceptors (Lipinski definition) is 4. The van der Waals surface area contributed by atoms with Crippen LogP contribution in [0.1, 0.15) is 61.3 Å². The Morgan fingerprint density at radius 2 is 1.96 bits per heavy atom. The molecule has 2 aromatic rings. The SMILES string of the molecule is CCC(C)Oc1cc(C)ccc1CNC(=NC)NCC(C)c1c(C)noc1C. The maximum atomic E-state index is 6.10. The van der Waals surface area contributed by atoms with Gasteiger partial charge in [-0.25, -0.2) is 0 Å². The van der Waals surface area contributed by atoms with Crippen molar-refractivity contribution < 1.29 is 9.26 Å². The quantitative estimate of drug-likeness (QED) is 0.524. The van der Waals surface area contributed by atoms with E-state index in [0.717, 1.165) is 47.3 Å². The molecule has 0 radical (unpaired) electrons. The van der Waals surface area contributed by atoms with Gasteiger partial charge in [-0.05, 0) is 45.7 Å². The van der Waals surface area contributed by atoms with Crippen LogP contribution >= 0.6 is 0 Å². The number of aryl methyl sites for hydroxylation is 3. The lowest BCUT2D eigenvalue weighted by molar-refractivity contribution is 0.215. The molecule has 0 saturated carbocycles. The fraction of sp³-hybridized carbons (Fsp3) is 0.545. The van der Waals surface area contributed by atoms with Gasteiger partial charge in [0.1, 0.15) is 11.5 Å². The number of aliphatic imine (C=N–C) groups is 1. The monoisotopic (exact) mass is 386 g/mol. The van der Waals surface area contributed by atoms with Crippen molar-refractivity contribution in [3.63, 3.8) is 0 Å². The van der Waals surface area contributed by atoms with Gasteiger partial charge < -0.3 is 19.9 Å². The number of nitrogens with zero attached hydrogens (tertiary/aromatic N) is 2. The maximum absolute atomic E-state index is 6.10. The van der Waals surface area contributed by atoms with Gasteiger partial charge in [0.05, 0.1) is 11.8 Å². The van der Waals surface area contributed by atoms with Crippen LogP contribution in [0.2, 0.25) is 0 Å². The molecule has 2 N–H and O–H groups in total. The molecule has 2 atom stereocenters. The first-order valence-corrected chi connectivity index (χ1v) is 9.99. The number of nitrogens with one attached hydrogen (secondary N) is 2. The summed E-state index contributed by atoms with van der Waals surface area (Å²) in [7, 11) is 1.78. The molecule has 6 nitrogen and oxygen atoms in total. The molecule has 2 unspecified atom stereocenters. The fourth-order valence-corrected chi connectivity index (χ4v) is 3.16. The van der Waals surface area contributed by atoms with E-state index >= 15 is 0 Å². The van der Waals surface area contributed by atoms with E-state index in [0.29, 0.717) is 6.54 Å². The van der Waals surface area contributed by atoms with Crippen molar-refractivity contribution >= 4 is 5.96 Å². The molecule has 154 valence electrons. The molecular weight excluding hydrogens is 352 g/mol. The zero-order valence-corrected chi connectivity index (χ0v) is 18.2. The third-order valence-electron chi connectivity index (χ3n) is 4.95. The smallest absolute Gasteiger partial charge is 0.191 e. The maximum Gasteiger partial charge on any atom is 0.191 e. The second kappa shape index (κ2) is 10.2. The number of ether oxygens (including phenoxy) is 1. The van der Waals surface area contributed by atoms with E-state index in [1.165, 1.54) is 5.56 Å². The molecule has 0 aliphatic rings. The fourth-order valence-electron chi connectivity index (χ4n) is 3.16. The van der Waals surface area contributed by atoms with E-state index in [1.54, 1.807) is 7.05 Å². The largest absolute Gasteiger partial charge is 0.490 e. The molecule has 0 spiro atoms. The summed E-state index contributed by atoms with van der Waals surface area (Å²) in [6, 6.07) is 6.31. The van der Waals surface area contributed by atoms with Gasteiger partial charge >= 0.3 is 0 Å². The summed E-state index contributed by atoms with van der Waals surface area (Å²) in [6.07, 6.45) is 1.16. The summed E-state index contributed by atoms with van der Waals surface area (Å²) < 4.78 is 11.4. The number of guanidine groups is 1. The first kappa shape index (κ1) is 21.8. The average molecular weight is 387 g/mol. The van der Waals surface area contributed by atoms with Gasteiger partial charge in [0.2, 0.25) is 0 Å². The standard InChI is InChI=1S/C22H34N4O2/c1-8-16(4)27-20-11-14(2)9-10-19(20)13-25-22(23-7)24-12-15(3)21-17(5)26-28-18(21)6/h9-11,15-16H,8,12-13H2,1-7H3,(H2,23,24,25). The van der Waals surface area contributed by atoms with Crippen molar-refractivity contribution in [1.29, 1.82) is 0 Å². The Labute approximate surface area is 168 Å².